The van der Waals surface area contributed by atoms with Crippen molar-refractivity contribution in [1.82, 2.24) is 10.2 Å². The van der Waals surface area contributed by atoms with Gasteiger partial charge in [-0.15, -0.1) is 0 Å². The predicted molar refractivity (Wildman–Crippen MR) is 92.3 cm³/mol. The monoisotopic (exact) mass is 360 g/mol. The highest BCUT2D eigenvalue weighted by atomic mass is 35.5. The standard InChI is InChI=1S/C16H22Cl2N2O3/c1-10(14(21)22)8-20(4)15(23)19-9-16(2,3)11-5-6-12(17)13(18)7-11/h5-7,10H,8-9H2,1-4H3,(H,19,23)(H,21,22). The summed E-state index contributed by atoms with van der Waals surface area (Å²) in [6.07, 6.45) is 0. The van der Waals surface area contributed by atoms with Crippen molar-refractivity contribution in [2.75, 3.05) is 20.1 Å². The molecule has 0 spiro atoms. The molecule has 1 aromatic carbocycles. The molecular formula is C16H22Cl2N2O3. The highest BCUT2D eigenvalue weighted by Gasteiger charge is 2.24. The molecule has 5 nitrogen and oxygen atoms in total. The van der Waals surface area contributed by atoms with E-state index < -0.39 is 11.9 Å². The van der Waals surface area contributed by atoms with Gasteiger partial charge in [0.15, 0.2) is 0 Å². The second-order valence-electron chi connectivity index (χ2n) is 6.29. The molecule has 0 aliphatic rings. The van der Waals surface area contributed by atoms with Gasteiger partial charge >= 0.3 is 12.0 Å². The van der Waals surface area contributed by atoms with Crippen molar-refractivity contribution in [2.24, 2.45) is 5.92 Å². The highest BCUT2D eigenvalue weighted by molar-refractivity contribution is 6.42. The normalized spacial score (nSPS) is 12.6. The van der Waals surface area contributed by atoms with Crippen molar-refractivity contribution in [2.45, 2.75) is 26.2 Å². The summed E-state index contributed by atoms with van der Waals surface area (Å²) in [5.41, 5.74) is 0.608. The second-order valence-corrected chi connectivity index (χ2v) is 7.11. The lowest BCUT2D eigenvalue weighted by Crippen LogP contribution is -2.45. The maximum absolute atomic E-state index is 12.1. The Balaban J connectivity index is 2.66. The van der Waals surface area contributed by atoms with E-state index in [0.717, 1.165) is 5.56 Å². The van der Waals surface area contributed by atoms with Gasteiger partial charge in [-0.3, -0.25) is 4.79 Å². The molecule has 0 radical (unpaired) electrons. The van der Waals surface area contributed by atoms with E-state index in [9.17, 15) is 9.59 Å². The number of hydrogen-bond acceptors (Lipinski definition) is 2. The number of hydrogen-bond donors (Lipinski definition) is 2. The molecule has 1 aromatic rings. The third-order valence-corrected chi connectivity index (χ3v) is 4.44. The molecule has 0 aliphatic heterocycles. The molecule has 1 atom stereocenters. The lowest BCUT2D eigenvalue weighted by molar-refractivity contribution is -0.141. The van der Waals surface area contributed by atoms with Crippen LogP contribution in [0, 0.1) is 5.92 Å². The highest BCUT2D eigenvalue weighted by Crippen LogP contribution is 2.29. The molecule has 0 aliphatic carbocycles. The summed E-state index contributed by atoms with van der Waals surface area (Å²) in [5, 5.41) is 12.7. The molecule has 7 heteroatoms. The van der Waals surface area contributed by atoms with E-state index in [2.05, 4.69) is 5.32 Å². The van der Waals surface area contributed by atoms with E-state index in [0.29, 0.717) is 16.6 Å². The van der Waals surface area contributed by atoms with Gasteiger partial charge in [-0.1, -0.05) is 50.0 Å². The van der Waals surface area contributed by atoms with Gasteiger partial charge in [-0.05, 0) is 17.7 Å². The van der Waals surface area contributed by atoms with Crippen LogP contribution in [0.3, 0.4) is 0 Å². The Labute approximate surface area is 146 Å². The second kappa shape index (κ2) is 7.88. The number of amides is 2. The first-order valence-corrected chi connectivity index (χ1v) is 7.97. The number of rotatable bonds is 6. The Morgan fingerprint density at radius 1 is 1.30 bits per heavy atom. The number of urea groups is 1. The van der Waals surface area contributed by atoms with E-state index in [4.69, 9.17) is 28.3 Å². The Kier molecular flexibility index (Phi) is 6.71. The van der Waals surface area contributed by atoms with Crippen molar-refractivity contribution in [3.8, 4) is 0 Å². The fourth-order valence-electron chi connectivity index (χ4n) is 2.02. The molecule has 128 valence electrons. The van der Waals surface area contributed by atoms with Crippen LogP contribution < -0.4 is 5.32 Å². The minimum Gasteiger partial charge on any atom is -0.481 e. The third kappa shape index (κ3) is 5.59. The minimum absolute atomic E-state index is 0.147. The zero-order valence-electron chi connectivity index (χ0n) is 13.7. The molecule has 1 rings (SSSR count). The van der Waals surface area contributed by atoms with E-state index in [1.54, 1.807) is 26.1 Å². The maximum Gasteiger partial charge on any atom is 0.317 e. The van der Waals surface area contributed by atoms with Crippen LogP contribution in [-0.4, -0.2) is 42.1 Å². The van der Waals surface area contributed by atoms with Gasteiger partial charge in [0, 0.05) is 25.6 Å². The average Bonchev–Trinajstić information content (AvgIpc) is 2.47. The minimum atomic E-state index is -0.930. The number of nitrogens with zero attached hydrogens (tertiary/aromatic N) is 1. The van der Waals surface area contributed by atoms with Crippen molar-refractivity contribution >= 4 is 35.2 Å². The molecule has 0 fully saturated rings. The van der Waals surface area contributed by atoms with Gasteiger partial charge in [-0.25, -0.2) is 4.79 Å². The summed E-state index contributed by atoms with van der Waals surface area (Å²) in [7, 11) is 1.57. The number of nitrogens with one attached hydrogen (secondary N) is 1. The molecule has 0 saturated carbocycles. The van der Waals surface area contributed by atoms with Gasteiger partial charge in [0.2, 0.25) is 0 Å². The van der Waals surface area contributed by atoms with Crippen molar-refractivity contribution < 1.29 is 14.7 Å². The number of carbonyl (C=O) groups excluding carboxylic acids is 1. The molecule has 23 heavy (non-hydrogen) atoms. The Morgan fingerprint density at radius 3 is 2.43 bits per heavy atom. The van der Waals surface area contributed by atoms with Crippen LogP contribution in [0.5, 0.6) is 0 Å². The van der Waals surface area contributed by atoms with Crippen LogP contribution in [-0.2, 0) is 10.2 Å². The molecule has 1 unspecified atom stereocenters. The smallest absolute Gasteiger partial charge is 0.317 e. The summed E-state index contributed by atoms with van der Waals surface area (Å²) in [6, 6.07) is 5.07. The quantitative estimate of drug-likeness (QED) is 0.813. The van der Waals surface area contributed by atoms with Gasteiger partial charge in [0.1, 0.15) is 0 Å². The fraction of sp³-hybridized carbons (Fsp3) is 0.500. The first-order valence-electron chi connectivity index (χ1n) is 7.22. The molecule has 2 N–H and O–H groups in total. The van der Waals surface area contributed by atoms with Crippen LogP contribution in [0.25, 0.3) is 0 Å². The lowest BCUT2D eigenvalue weighted by Gasteiger charge is -2.28. The van der Waals surface area contributed by atoms with Gasteiger partial charge in [0.05, 0.1) is 16.0 Å². The van der Waals surface area contributed by atoms with Crippen molar-refractivity contribution in [1.29, 1.82) is 0 Å². The molecule has 0 aromatic heterocycles. The largest absolute Gasteiger partial charge is 0.481 e. The zero-order chi connectivity index (χ0) is 17.8. The molecule has 0 heterocycles. The summed E-state index contributed by atoms with van der Waals surface area (Å²) >= 11 is 12.0. The third-order valence-electron chi connectivity index (χ3n) is 3.70. The number of halogens is 2. The van der Waals surface area contributed by atoms with Gasteiger partial charge in [-0.2, -0.15) is 0 Å². The number of aliphatic carboxylic acids is 1. The summed E-state index contributed by atoms with van der Waals surface area (Å²) in [6.45, 7) is 6.05. The van der Waals surface area contributed by atoms with Gasteiger partial charge in [0.25, 0.3) is 0 Å². The topological polar surface area (TPSA) is 69.6 Å². The van der Waals surface area contributed by atoms with Crippen LogP contribution >= 0.6 is 23.2 Å². The summed E-state index contributed by atoms with van der Waals surface area (Å²) < 4.78 is 0. The fourth-order valence-corrected chi connectivity index (χ4v) is 2.32. The van der Waals surface area contributed by atoms with Crippen LogP contribution in [0.4, 0.5) is 4.79 Å². The number of benzene rings is 1. The van der Waals surface area contributed by atoms with Crippen LogP contribution in [0.2, 0.25) is 10.0 Å². The average molecular weight is 361 g/mol. The Bertz CT molecular complexity index is 591. The summed E-state index contributed by atoms with van der Waals surface area (Å²) in [5.74, 6) is -1.55. The number of carbonyl (C=O) groups is 2. The molecule has 0 saturated heterocycles. The van der Waals surface area contributed by atoms with Crippen LogP contribution in [0.1, 0.15) is 26.3 Å². The van der Waals surface area contributed by atoms with E-state index in [1.165, 1.54) is 4.90 Å². The Morgan fingerprint density at radius 2 is 1.91 bits per heavy atom. The van der Waals surface area contributed by atoms with E-state index in [1.807, 2.05) is 19.9 Å². The molecule has 0 bridgehead atoms. The maximum atomic E-state index is 12.1. The molecule has 2 amide bonds. The van der Waals surface area contributed by atoms with E-state index >= 15 is 0 Å². The van der Waals surface area contributed by atoms with E-state index in [-0.39, 0.29) is 18.0 Å². The van der Waals surface area contributed by atoms with Crippen LogP contribution in [0.15, 0.2) is 18.2 Å². The zero-order valence-corrected chi connectivity index (χ0v) is 15.2. The van der Waals surface area contributed by atoms with Crippen molar-refractivity contribution in [3.63, 3.8) is 0 Å². The predicted octanol–water partition coefficient (Wildman–Crippen LogP) is 3.63. The van der Waals surface area contributed by atoms with Crippen molar-refractivity contribution in [3.05, 3.63) is 33.8 Å². The first kappa shape index (κ1) is 19.6. The Hall–Kier alpha value is -1.46. The molecular weight excluding hydrogens is 339 g/mol. The van der Waals surface area contributed by atoms with Gasteiger partial charge < -0.3 is 15.3 Å². The first-order chi connectivity index (χ1) is 10.5. The SMILES string of the molecule is CC(CN(C)C(=O)NCC(C)(C)c1ccc(Cl)c(Cl)c1)C(=O)O. The lowest BCUT2D eigenvalue weighted by atomic mass is 9.84. The summed E-state index contributed by atoms with van der Waals surface area (Å²) in [4.78, 5) is 24.3. The number of carboxylic acids is 1. The number of carboxylic acid groups (broad SMARTS) is 1.